The molecule has 0 bridgehead atoms. The van der Waals surface area contributed by atoms with Crippen LogP contribution >= 0.6 is 0 Å². The summed E-state index contributed by atoms with van der Waals surface area (Å²) in [6.07, 6.45) is 5.62. The van der Waals surface area contributed by atoms with Crippen LogP contribution in [-0.2, 0) is 0 Å². The second-order valence-corrected chi connectivity index (χ2v) is 8.19. The summed E-state index contributed by atoms with van der Waals surface area (Å²) in [6.45, 7) is 5.47. The maximum Gasteiger partial charge on any atom is 0.254 e. The molecule has 2 aromatic carbocycles. The van der Waals surface area contributed by atoms with Crippen LogP contribution in [0.2, 0.25) is 0 Å². The van der Waals surface area contributed by atoms with Gasteiger partial charge in [-0.05, 0) is 75.2 Å². The molecule has 0 aromatic heterocycles. The number of ether oxygens (including phenoxy) is 2. The first-order valence-corrected chi connectivity index (χ1v) is 11.2. The molecule has 1 unspecified atom stereocenters. The van der Waals surface area contributed by atoms with Crippen molar-refractivity contribution in [3.63, 3.8) is 0 Å². The molecule has 5 heteroatoms. The topological polar surface area (TPSA) is 42.0 Å². The Bertz CT molecular complexity index is 788. The van der Waals surface area contributed by atoms with E-state index in [1.54, 1.807) is 0 Å². The van der Waals surface area contributed by atoms with Crippen LogP contribution in [0, 0.1) is 0 Å². The van der Waals surface area contributed by atoms with Crippen molar-refractivity contribution in [1.82, 2.24) is 9.80 Å². The number of benzene rings is 2. The van der Waals surface area contributed by atoms with Gasteiger partial charge in [-0.3, -0.25) is 4.79 Å². The van der Waals surface area contributed by atoms with E-state index in [1.807, 2.05) is 54.6 Å². The SMILES string of the molecule is O=C(c1ccc(OCCCOc2ccccc2)cc1)N1CCCC1CN1CCCC1. The number of hydrogen-bond donors (Lipinski definition) is 0. The molecular weight excluding hydrogens is 376 g/mol. The highest BCUT2D eigenvalue weighted by molar-refractivity contribution is 5.94. The number of para-hydroxylation sites is 1. The van der Waals surface area contributed by atoms with Crippen molar-refractivity contribution < 1.29 is 14.3 Å². The maximum atomic E-state index is 13.0. The van der Waals surface area contributed by atoms with E-state index < -0.39 is 0 Å². The lowest BCUT2D eigenvalue weighted by Crippen LogP contribution is -2.42. The summed E-state index contributed by atoms with van der Waals surface area (Å²) in [6, 6.07) is 17.7. The molecule has 1 amide bonds. The van der Waals surface area contributed by atoms with E-state index in [2.05, 4.69) is 9.80 Å². The number of nitrogens with zero attached hydrogens (tertiary/aromatic N) is 2. The minimum absolute atomic E-state index is 0.152. The van der Waals surface area contributed by atoms with Gasteiger partial charge in [-0.15, -0.1) is 0 Å². The Kier molecular flexibility index (Phi) is 7.25. The van der Waals surface area contributed by atoms with Crippen molar-refractivity contribution in [2.24, 2.45) is 0 Å². The first kappa shape index (κ1) is 20.7. The normalized spacial score (nSPS) is 19.2. The quantitative estimate of drug-likeness (QED) is 0.582. The van der Waals surface area contributed by atoms with Crippen LogP contribution in [0.1, 0.15) is 42.5 Å². The first-order valence-electron chi connectivity index (χ1n) is 11.2. The molecule has 5 nitrogen and oxygen atoms in total. The maximum absolute atomic E-state index is 13.0. The van der Waals surface area contributed by atoms with Gasteiger partial charge in [-0.2, -0.15) is 0 Å². The van der Waals surface area contributed by atoms with E-state index in [4.69, 9.17) is 9.47 Å². The van der Waals surface area contributed by atoms with Crippen LogP contribution in [0.25, 0.3) is 0 Å². The number of hydrogen-bond acceptors (Lipinski definition) is 4. The standard InChI is InChI=1S/C25H32N2O3/c28-25(27-17-6-8-22(27)20-26-15-4-5-16-26)21-11-13-24(14-12-21)30-19-7-18-29-23-9-2-1-3-10-23/h1-3,9-14,22H,4-8,15-20H2. The van der Waals surface area contributed by atoms with Gasteiger partial charge >= 0.3 is 0 Å². The molecule has 0 aliphatic carbocycles. The first-order chi connectivity index (χ1) is 14.8. The average Bonchev–Trinajstić information content (AvgIpc) is 3.47. The summed E-state index contributed by atoms with van der Waals surface area (Å²) in [5.74, 6) is 1.83. The smallest absolute Gasteiger partial charge is 0.254 e. The van der Waals surface area contributed by atoms with Crippen molar-refractivity contribution in [3.8, 4) is 11.5 Å². The monoisotopic (exact) mass is 408 g/mol. The fraction of sp³-hybridized carbons (Fsp3) is 0.480. The van der Waals surface area contributed by atoms with Gasteiger partial charge < -0.3 is 19.3 Å². The summed E-state index contributed by atoms with van der Waals surface area (Å²) in [4.78, 5) is 17.6. The molecule has 0 spiro atoms. The molecule has 2 fully saturated rings. The minimum Gasteiger partial charge on any atom is -0.493 e. The lowest BCUT2D eigenvalue weighted by atomic mass is 10.1. The van der Waals surface area contributed by atoms with Crippen LogP contribution < -0.4 is 9.47 Å². The third-order valence-corrected chi connectivity index (χ3v) is 5.98. The predicted octanol–water partition coefficient (Wildman–Crippen LogP) is 4.23. The van der Waals surface area contributed by atoms with Crippen molar-refractivity contribution in [2.75, 3.05) is 39.4 Å². The number of amides is 1. The van der Waals surface area contributed by atoms with Crippen LogP contribution in [0.5, 0.6) is 11.5 Å². The molecule has 2 aliphatic heterocycles. The third-order valence-electron chi connectivity index (χ3n) is 5.98. The van der Waals surface area contributed by atoms with E-state index in [0.717, 1.165) is 49.4 Å². The molecule has 0 radical (unpaired) electrons. The fourth-order valence-electron chi connectivity index (χ4n) is 4.37. The van der Waals surface area contributed by atoms with Gasteiger partial charge in [0, 0.05) is 31.1 Å². The molecule has 0 saturated carbocycles. The highest BCUT2D eigenvalue weighted by atomic mass is 16.5. The van der Waals surface area contributed by atoms with E-state index in [0.29, 0.717) is 19.3 Å². The molecule has 2 aliphatic rings. The molecule has 0 N–H and O–H groups in total. The summed E-state index contributed by atoms with van der Waals surface area (Å²) in [5.41, 5.74) is 0.753. The number of carbonyl (C=O) groups is 1. The van der Waals surface area contributed by atoms with Crippen molar-refractivity contribution >= 4 is 5.91 Å². The Morgan fingerprint density at radius 3 is 2.20 bits per heavy atom. The molecule has 1 atom stereocenters. The van der Waals surface area contributed by atoms with Crippen molar-refractivity contribution in [1.29, 1.82) is 0 Å². The van der Waals surface area contributed by atoms with Gasteiger partial charge in [0.15, 0.2) is 0 Å². The van der Waals surface area contributed by atoms with E-state index in [-0.39, 0.29) is 5.91 Å². The highest BCUT2D eigenvalue weighted by Crippen LogP contribution is 2.23. The molecular formula is C25H32N2O3. The van der Waals surface area contributed by atoms with Gasteiger partial charge in [0.2, 0.25) is 0 Å². The van der Waals surface area contributed by atoms with Crippen molar-refractivity contribution in [3.05, 3.63) is 60.2 Å². The summed E-state index contributed by atoms with van der Waals surface area (Å²) in [5, 5.41) is 0. The summed E-state index contributed by atoms with van der Waals surface area (Å²) < 4.78 is 11.5. The average molecular weight is 409 g/mol. The predicted molar refractivity (Wildman–Crippen MR) is 118 cm³/mol. The van der Waals surface area contributed by atoms with Crippen LogP contribution in [-0.4, -0.2) is 61.1 Å². The van der Waals surface area contributed by atoms with Crippen LogP contribution in [0.3, 0.4) is 0 Å². The van der Waals surface area contributed by atoms with Gasteiger partial charge in [-0.25, -0.2) is 0 Å². The van der Waals surface area contributed by atoms with Crippen LogP contribution in [0.15, 0.2) is 54.6 Å². The van der Waals surface area contributed by atoms with Gasteiger partial charge in [0.1, 0.15) is 11.5 Å². The Hall–Kier alpha value is -2.53. The Morgan fingerprint density at radius 2 is 1.50 bits per heavy atom. The molecule has 2 heterocycles. The summed E-state index contributed by atoms with van der Waals surface area (Å²) in [7, 11) is 0. The lowest BCUT2D eigenvalue weighted by molar-refractivity contribution is 0.0708. The Balaban J connectivity index is 1.22. The van der Waals surface area contributed by atoms with E-state index in [9.17, 15) is 4.79 Å². The van der Waals surface area contributed by atoms with E-state index in [1.165, 1.54) is 25.9 Å². The van der Waals surface area contributed by atoms with Gasteiger partial charge in [-0.1, -0.05) is 18.2 Å². The molecule has 160 valence electrons. The van der Waals surface area contributed by atoms with Crippen LogP contribution in [0.4, 0.5) is 0 Å². The summed E-state index contributed by atoms with van der Waals surface area (Å²) >= 11 is 0. The minimum atomic E-state index is 0.152. The second-order valence-electron chi connectivity index (χ2n) is 8.19. The lowest BCUT2D eigenvalue weighted by Gasteiger charge is -2.28. The van der Waals surface area contributed by atoms with Gasteiger partial charge in [0.25, 0.3) is 5.91 Å². The third kappa shape index (κ3) is 5.54. The number of carbonyl (C=O) groups excluding carboxylic acids is 1. The molecule has 2 aromatic rings. The number of rotatable bonds is 9. The zero-order valence-electron chi connectivity index (χ0n) is 17.7. The number of likely N-dealkylation sites (tertiary alicyclic amines) is 2. The fourth-order valence-corrected chi connectivity index (χ4v) is 4.37. The Labute approximate surface area is 179 Å². The van der Waals surface area contributed by atoms with E-state index >= 15 is 0 Å². The highest BCUT2D eigenvalue weighted by Gasteiger charge is 2.31. The van der Waals surface area contributed by atoms with Crippen molar-refractivity contribution in [2.45, 2.75) is 38.1 Å². The zero-order valence-corrected chi connectivity index (χ0v) is 17.7. The van der Waals surface area contributed by atoms with Gasteiger partial charge in [0.05, 0.1) is 13.2 Å². The molecule has 2 saturated heterocycles. The zero-order chi connectivity index (χ0) is 20.6. The Morgan fingerprint density at radius 1 is 0.833 bits per heavy atom. The molecule has 4 rings (SSSR count). The molecule has 30 heavy (non-hydrogen) atoms. The largest absolute Gasteiger partial charge is 0.493 e. The second kappa shape index (κ2) is 10.5.